The van der Waals surface area contributed by atoms with Crippen LogP contribution in [0.3, 0.4) is 0 Å². The second-order valence-electron chi connectivity index (χ2n) is 3.96. The molecule has 0 spiro atoms. The first-order chi connectivity index (χ1) is 8.27. The summed E-state index contributed by atoms with van der Waals surface area (Å²) in [4.78, 5) is 13.9. The van der Waals surface area contributed by atoms with Crippen molar-refractivity contribution in [3.63, 3.8) is 0 Å². The minimum Gasteiger partial charge on any atom is -0.469 e. The lowest BCUT2D eigenvalue weighted by molar-refractivity contribution is 0.0685. The monoisotopic (exact) mass is 233 g/mol. The van der Waals surface area contributed by atoms with E-state index >= 15 is 0 Å². The zero-order valence-corrected chi connectivity index (χ0v) is 9.77. The number of piperazine rings is 1. The molecule has 1 atom stereocenters. The summed E-state index contributed by atoms with van der Waals surface area (Å²) in [5.41, 5.74) is 0.578. The van der Waals surface area contributed by atoms with Crippen LogP contribution < -0.4 is 5.32 Å². The Bertz CT molecular complexity index is 447. The van der Waals surface area contributed by atoms with Crippen LogP contribution in [0.4, 0.5) is 0 Å². The third-order valence-corrected chi connectivity index (χ3v) is 2.95. The van der Waals surface area contributed by atoms with Crippen LogP contribution in [0.15, 0.2) is 16.7 Å². The van der Waals surface area contributed by atoms with Gasteiger partial charge in [-0.3, -0.25) is 4.79 Å². The van der Waals surface area contributed by atoms with Crippen molar-refractivity contribution in [2.75, 3.05) is 19.6 Å². The highest BCUT2D eigenvalue weighted by atomic mass is 16.3. The van der Waals surface area contributed by atoms with Gasteiger partial charge in [-0.15, -0.1) is 0 Å². The van der Waals surface area contributed by atoms with E-state index in [2.05, 4.69) is 11.4 Å². The summed E-state index contributed by atoms with van der Waals surface area (Å²) in [6.45, 7) is 3.76. The van der Waals surface area contributed by atoms with Crippen molar-refractivity contribution in [2.45, 2.75) is 19.4 Å². The first-order valence-corrected chi connectivity index (χ1v) is 5.75. The van der Waals surface area contributed by atoms with Gasteiger partial charge in [0.25, 0.3) is 5.91 Å². The van der Waals surface area contributed by atoms with Gasteiger partial charge in [0.15, 0.2) is 0 Å². The Balaban J connectivity index is 2.22. The van der Waals surface area contributed by atoms with Crippen molar-refractivity contribution in [3.05, 3.63) is 23.7 Å². The van der Waals surface area contributed by atoms with Crippen LogP contribution >= 0.6 is 0 Å². The maximum Gasteiger partial charge on any atom is 0.258 e. The fraction of sp³-hybridized carbons (Fsp3) is 0.500. The Kier molecular flexibility index (Phi) is 3.45. The molecule has 17 heavy (non-hydrogen) atoms. The molecule has 1 saturated heterocycles. The number of carbonyl (C=O) groups excluding carboxylic acids is 1. The van der Waals surface area contributed by atoms with Crippen LogP contribution in [0.5, 0.6) is 0 Å². The molecule has 1 fully saturated rings. The molecule has 1 aliphatic rings. The Morgan fingerprint density at radius 2 is 2.59 bits per heavy atom. The number of nitrogens with zero attached hydrogens (tertiary/aromatic N) is 2. The second-order valence-corrected chi connectivity index (χ2v) is 3.96. The molecule has 1 unspecified atom stereocenters. The molecule has 0 aromatic carbocycles. The van der Waals surface area contributed by atoms with E-state index in [1.807, 2.05) is 6.92 Å². The minimum absolute atomic E-state index is 0.108. The summed E-state index contributed by atoms with van der Waals surface area (Å²) in [6.07, 6.45) is 2.20. The normalized spacial score (nSPS) is 20.0. The first-order valence-electron chi connectivity index (χ1n) is 5.75. The average Bonchev–Trinajstić information content (AvgIpc) is 2.86. The summed E-state index contributed by atoms with van der Waals surface area (Å²) in [5, 5.41) is 12.1. The zero-order valence-electron chi connectivity index (χ0n) is 9.77. The third-order valence-electron chi connectivity index (χ3n) is 2.95. The van der Waals surface area contributed by atoms with Gasteiger partial charge < -0.3 is 14.6 Å². The lowest BCUT2D eigenvalue weighted by atomic mass is 10.1. The average molecular weight is 233 g/mol. The number of nitrogens with one attached hydrogen (secondary N) is 1. The van der Waals surface area contributed by atoms with Gasteiger partial charge in [-0.05, 0) is 6.07 Å². The Hall–Kier alpha value is -1.80. The lowest BCUT2D eigenvalue weighted by Crippen LogP contribution is -2.53. The maximum absolute atomic E-state index is 12.3. The summed E-state index contributed by atoms with van der Waals surface area (Å²) in [5.74, 6) is 0.578. The van der Waals surface area contributed by atoms with Crippen molar-refractivity contribution >= 4 is 5.91 Å². The highest BCUT2D eigenvalue weighted by Gasteiger charge is 2.28. The van der Waals surface area contributed by atoms with E-state index in [4.69, 9.17) is 9.68 Å². The van der Waals surface area contributed by atoms with E-state index in [0.717, 1.165) is 6.54 Å². The molecule has 1 aliphatic heterocycles. The van der Waals surface area contributed by atoms with E-state index in [0.29, 0.717) is 30.8 Å². The molecule has 1 amide bonds. The number of hydrogen-bond acceptors (Lipinski definition) is 4. The molecular formula is C12H15N3O2. The van der Waals surface area contributed by atoms with Crippen LogP contribution in [-0.4, -0.2) is 36.5 Å². The number of hydrogen-bond donors (Lipinski definition) is 1. The van der Waals surface area contributed by atoms with Crippen molar-refractivity contribution in [2.24, 2.45) is 0 Å². The highest BCUT2D eigenvalue weighted by molar-refractivity contribution is 5.95. The fourth-order valence-electron chi connectivity index (χ4n) is 2.02. The molecule has 5 heteroatoms. The van der Waals surface area contributed by atoms with Crippen LogP contribution in [0.25, 0.3) is 0 Å². The van der Waals surface area contributed by atoms with Crippen molar-refractivity contribution in [3.8, 4) is 6.07 Å². The molecule has 90 valence electrons. The molecule has 5 nitrogen and oxygen atoms in total. The van der Waals surface area contributed by atoms with Crippen LogP contribution in [0.2, 0.25) is 0 Å². The summed E-state index contributed by atoms with van der Waals surface area (Å²) in [6, 6.07) is 3.43. The van der Waals surface area contributed by atoms with Gasteiger partial charge in [-0.2, -0.15) is 5.26 Å². The van der Waals surface area contributed by atoms with E-state index in [9.17, 15) is 4.79 Å². The molecule has 2 rings (SSSR count). The molecule has 2 heterocycles. The second kappa shape index (κ2) is 5.02. The molecule has 0 aliphatic carbocycles. The molecule has 0 bridgehead atoms. The molecular weight excluding hydrogens is 218 g/mol. The maximum atomic E-state index is 12.3. The van der Waals surface area contributed by atoms with E-state index in [-0.39, 0.29) is 5.91 Å². The SMILES string of the molecule is CCc1occc1C(=O)N1CCNCC1C#N. The van der Waals surface area contributed by atoms with Gasteiger partial charge in [-0.25, -0.2) is 0 Å². The van der Waals surface area contributed by atoms with Gasteiger partial charge in [0.05, 0.1) is 17.9 Å². The minimum atomic E-state index is -0.393. The standard InChI is InChI=1S/C12H15N3O2/c1-2-11-10(3-6-17-11)12(16)15-5-4-14-8-9(15)7-13/h3,6,9,14H,2,4-5,8H2,1H3. The summed E-state index contributed by atoms with van der Waals surface area (Å²) in [7, 11) is 0. The topological polar surface area (TPSA) is 69.3 Å². The number of carbonyl (C=O) groups is 1. The quantitative estimate of drug-likeness (QED) is 0.819. The van der Waals surface area contributed by atoms with E-state index in [1.54, 1.807) is 11.0 Å². The van der Waals surface area contributed by atoms with E-state index in [1.165, 1.54) is 6.26 Å². The molecule has 0 radical (unpaired) electrons. The van der Waals surface area contributed by atoms with Gasteiger partial charge in [0.1, 0.15) is 11.8 Å². The van der Waals surface area contributed by atoms with Crippen molar-refractivity contribution < 1.29 is 9.21 Å². The summed E-state index contributed by atoms with van der Waals surface area (Å²) >= 11 is 0. The van der Waals surface area contributed by atoms with Crippen molar-refractivity contribution in [1.29, 1.82) is 5.26 Å². The van der Waals surface area contributed by atoms with Crippen LogP contribution in [0, 0.1) is 11.3 Å². The number of furan rings is 1. The predicted molar refractivity (Wildman–Crippen MR) is 61.4 cm³/mol. The third kappa shape index (κ3) is 2.17. The number of nitriles is 1. The molecule has 1 aromatic heterocycles. The highest BCUT2D eigenvalue weighted by Crippen LogP contribution is 2.16. The van der Waals surface area contributed by atoms with Crippen molar-refractivity contribution in [1.82, 2.24) is 10.2 Å². The zero-order chi connectivity index (χ0) is 12.3. The number of rotatable bonds is 2. The Morgan fingerprint density at radius 1 is 1.76 bits per heavy atom. The molecule has 0 saturated carbocycles. The lowest BCUT2D eigenvalue weighted by Gasteiger charge is -2.31. The Labute approximate surface area is 100 Å². The van der Waals surface area contributed by atoms with Gasteiger partial charge in [0, 0.05) is 26.1 Å². The van der Waals surface area contributed by atoms with Crippen LogP contribution in [-0.2, 0) is 6.42 Å². The molecule has 1 N–H and O–H groups in total. The van der Waals surface area contributed by atoms with E-state index < -0.39 is 6.04 Å². The first kappa shape index (κ1) is 11.7. The predicted octanol–water partition coefficient (Wildman–Crippen LogP) is 0.780. The summed E-state index contributed by atoms with van der Waals surface area (Å²) < 4.78 is 5.25. The molecule has 1 aromatic rings. The van der Waals surface area contributed by atoms with Gasteiger partial charge in [-0.1, -0.05) is 6.92 Å². The number of amides is 1. The van der Waals surface area contributed by atoms with Crippen LogP contribution in [0.1, 0.15) is 23.0 Å². The number of aryl methyl sites for hydroxylation is 1. The fourth-order valence-corrected chi connectivity index (χ4v) is 2.02. The van der Waals surface area contributed by atoms with Gasteiger partial charge in [0.2, 0.25) is 0 Å². The largest absolute Gasteiger partial charge is 0.469 e. The van der Waals surface area contributed by atoms with Gasteiger partial charge >= 0.3 is 0 Å². The Morgan fingerprint density at radius 3 is 3.29 bits per heavy atom. The smallest absolute Gasteiger partial charge is 0.258 e.